The number of fused-ring (bicyclic) bond motifs is 1. The van der Waals surface area contributed by atoms with Crippen molar-refractivity contribution in [2.45, 2.75) is 119 Å². The number of rotatable bonds is 8. The maximum absolute atomic E-state index is 12.5. The number of ketones is 1. The third-order valence-electron chi connectivity index (χ3n) is 8.09. The Morgan fingerprint density at radius 2 is 1.73 bits per heavy atom. The molecule has 0 aromatic carbocycles. The zero-order chi connectivity index (χ0) is 22.8. The Morgan fingerprint density at radius 3 is 2.52 bits per heavy atom. The Labute approximate surface area is 197 Å². The predicted molar refractivity (Wildman–Crippen MR) is 121 cm³/mol. The summed E-state index contributed by atoms with van der Waals surface area (Å²) >= 11 is 0. The van der Waals surface area contributed by atoms with Gasteiger partial charge in [0.1, 0.15) is 11.9 Å². The molecule has 5 fully saturated rings. The minimum atomic E-state index is -0.574. The summed E-state index contributed by atoms with van der Waals surface area (Å²) < 4.78 is 30.1. The highest BCUT2D eigenvalue weighted by atomic mass is 16.6. The molecule has 0 aromatic rings. The number of carbonyl (C=O) groups excluding carboxylic acids is 1. The summed E-state index contributed by atoms with van der Waals surface area (Å²) in [5.41, 5.74) is 1.19. The molecule has 1 N–H and O–H groups in total. The van der Waals surface area contributed by atoms with Gasteiger partial charge in [-0.2, -0.15) is 0 Å². The first-order valence-corrected chi connectivity index (χ1v) is 13.1. The average molecular weight is 465 g/mol. The molecule has 0 aromatic heterocycles. The van der Waals surface area contributed by atoms with Crippen molar-refractivity contribution in [3.63, 3.8) is 0 Å². The van der Waals surface area contributed by atoms with Crippen molar-refractivity contribution in [3.8, 4) is 0 Å². The molecule has 186 valence electrons. The van der Waals surface area contributed by atoms with Gasteiger partial charge in [-0.3, -0.25) is 4.79 Å². The minimum Gasteiger partial charge on any atom is -0.390 e. The third kappa shape index (κ3) is 6.06. The molecule has 33 heavy (non-hydrogen) atoms. The van der Waals surface area contributed by atoms with Crippen LogP contribution in [0.1, 0.15) is 70.6 Å². The van der Waals surface area contributed by atoms with Crippen molar-refractivity contribution in [2.75, 3.05) is 19.8 Å². The second kappa shape index (κ2) is 10.8. The molecule has 5 aliphatic rings. The number of aliphatic hydroxyl groups is 1. The number of carbonyl (C=O) groups is 1. The number of hydrogen-bond donors (Lipinski definition) is 1. The van der Waals surface area contributed by atoms with Crippen LogP contribution >= 0.6 is 0 Å². The van der Waals surface area contributed by atoms with E-state index in [0.29, 0.717) is 44.5 Å². The Hall–Kier alpha value is -0.830. The van der Waals surface area contributed by atoms with Crippen LogP contribution in [0.4, 0.5) is 0 Å². The van der Waals surface area contributed by atoms with Gasteiger partial charge in [0.15, 0.2) is 0 Å². The van der Waals surface area contributed by atoms with E-state index in [4.69, 9.17) is 23.7 Å². The Bertz CT molecular complexity index is 690. The highest BCUT2D eigenvalue weighted by Gasteiger charge is 2.46. The van der Waals surface area contributed by atoms with Crippen LogP contribution in [-0.4, -0.2) is 79.5 Å². The fourth-order valence-electron chi connectivity index (χ4n) is 6.27. The molecule has 7 heteroatoms. The number of ether oxygens (including phenoxy) is 5. The fraction of sp³-hybridized carbons (Fsp3) is 0.885. The third-order valence-corrected chi connectivity index (χ3v) is 8.09. The second-order valence-corrected chi connectivity index (χ2v) is 10.8. The standard InChI is InChI=1S/C26H40O7/c1-16-10-20(30-14-16)3-2-19-4-6-23(31-19)25-13-22(28)26-24(33-25)7-5-21(32-26)12-18(27)11-17-8-9-29-15-17/h17,19-26,28H,1-15H2/t17?,19?,20?,21?,22?,23?,24?,25?,26-/m1/s1. The maximum atomic E-state index is 12.5. The summed E-state index contributed by atoms with van der Waals surface area (Å²) in [6, 6.07) is 0. The SMILES string of the molecule is C=C1COC(CCC2CCC(C3CC(O)[C@H]4OC(CC(=O)CC5CCOC5)CCC4O3)O2)C1. The van der Waals surface area contributed by atoms with Crippen LogP contribution in [0.25, 0.3) is 0 Å². The van der Waals surface area contributed by atoms with E-state index in [0.717, 1.165) is 58.0 Å². The molecule has 0 spiro atoms. The quantitative estimate of drug-likeness (QED) is 0.553. The Kier molecular flexibility index (Phi) is 7.84. The van der Waals surface area contributed by atoms with Gasteiger partial charge in [0.2, 0.25) is 0 Å². The first-order valence-electron chi connectivity index (χ1n) is 13.1. The lowest BCUT2D eigenvalue weighted by molar-refractivity contribution is -0.243. The lowest BCUT2D eigenvalue weighted by Gasteiger charge is -2.45. The molecule has 0 amide bonds. The van der Waals surface area contributed by atoms with E-state index in [1.807, 2.05) is 0 Å². The number of aliphatic hydroxyl groups excluding tert-OH is 1. The molecular formula is C26H40O7. The first kappa shape index (κ1) is 23.9. The Balaban J connectivity index is 1.05. The van der Waals surface area contributed by atoms with Crippen LogP contribution in [-0.2, 0) is 28.5 Å². The van der Waals surface area contributed by atoms with Gasteiger partial charge in [-0.25, -0.2) is 0 Å². The lowest BCUT2D eigenvalue weighted by Crippen LogP contribution is -2.56. The molecule has 7 nitrogen and oxygen atoms in total. The summed E-state index contributed by atoms with van der Waals surface area (Å²) in [7, 11) is 0. The van der Waals surface area contributed by atoms with E-state index in [1.165, 1.54) is 5.57 Å². The average Bonchev–Trinajstić information content (AvgIpc) is 3.55. The van der Waals surface area contributed by atoms with Crippen molar-refractivity contribution in [1.29, 1.82) is 0 Å². The number of Topliss-reactive ketones (excluding diaryl/α,β-unsaturated/α-hetero) is 1. The fourth-order valence-corrected chi connectivity index (χ4v) is 6.27. The zero-order valence-electron chi connectivity index (χ0n) is 19.7. The van der Waals surface area contributed by atoms with Crippen molar-refractivity contribution in [1.82, 2.24) is 0 Å². The highest BCUT2D eigenvalue weighted by molar-refractivity contribution is 5.79. The zero-order valence-corrected chi connectivity index (χ0v) is 19.7. The molecule has 5 heterocycles. The van der Waals surface area contributed by atoms with Crippen LogP contribution < -0.4 is 0 Å². The van der Waals surface area contributed by atoms with Gasteiger partial charge in [-0.15, -0.1) is 0 Å². The largest absolute Gasteiger partial charge is 0.390 e. The topological polar surface area (TPSA) is 83.5 Å². The maximum Gasteiger partial charge on any atom is 0.135 e. The van der Waals surface area contributed by atoms with Crippen molar-refractivity contribution < 1.29 is 33.6 Å². The van der Waals surface area contributed by atoms with Gasteiger partial charge >= 0.3 is 0 Å². The smallest absolute Gasteiger partial charge is 0.135 e. The van der Waals surface area contributed by atoms with E-state index in [-0.39, 0.29) is 42.4 Å². The van der Waals surface area contributed by atoms with Gasteiger partial charge in [0.25, 0.3) is 0 Å². The van der Waals surface area contributed by atoms with Crippen LogP contribution in [0, 0.1) is 5.92 Å². The van der Waals surface area contributed by atoms with E-state index in [2.05, 4.69) is 6.58 Å². The molecule has 9 atom stereocenters. The van der Waals surface area contributed by atoms with E-state index >= 15 is 0 Å². The van der Waals surface area contributed by atoms with Crippen molar-refractivity contribution in [3.05, 3.63) is 12.2 Å². The summed E-state index contributed by atoms with van der Waals surface area (Å²) in [6.45, 7) is 6.17. The molecular weight excluding hydrogens is 424 g/mol. The predicted octanol–water partition coefficient (Wildman–Crippen LogP) is 3.11. The molecule has 0 aliphatic carbocycles. The first-order chi connectivity index (χ1) is 16.0. The molecule has 8 unspecified atom stereocenters. The van der Waals surface area contributed by atoms with Gasteiger partial charge in [-0.1, -0.05) is 6.58 Å². The molecule has 5 saturated heterocycles. The summed E-state index contributed by atoms with van der Waals surface area (Å²) in [5.74, 6) is 0.606. The Morgan fingerprint density at radius 1 is 0.909 bits per heavy atom. The van der Waals surface area contributed by atoms with Gasteiger partial charge in [0.05, 0.1) is 49.3 Å². The highest BCUT2D eigenvalue weighted by Crippen LogP contribution is 2.38. The number of hydrogen-bond acceptors (Lipinski definition) is 7. The molecule has 5 rings (SSSR count). The van der Waals surface area contributed by atoms with E-state index in [1.54, 1.807) is 0 Å². The molecule has 0 bridgehead atoms. The van der Waals surface area contributed by atoms with Gasteiger partial charge < -0.3 is 28.8 Å². The van der Waals surface area contributed by atoms with Crippen LogP contribution in [0.2, 0.25) is 0 Å². The molecule has 0 radical (unpaired) electrons. The van der Waals surface area contributed by atoms with Crippen molar-refractivity contribution in [2.24, 2.45) is 5.92 Å². The monoisotopic (exact) mass is 464 g/mol. The second-order valence-electron chi connectivity index (χ2n) is 10.8. The van der Waals surface area contributed by atoms with E-state index in [9.17, 15) is 9.90 Å². The molecule has 0 saturated carbocycles. The normalized spacial score (nSPS) is 43.7. The summed E-state index contributed by atoms with van der Waals surface area (Å²) in [6.07, 6.45) is 8.48. The van der Waals surface area contributed by atoms with Gasteiger partial charge in [0, 0.05) is 32.5 Å². The molecule has 5 aliphatic heterocycles. The minimum absolute atomic E-state index is 0.0398. The van der Waals surface area contributed by atoms with E-state index < -0.39 is 6.10 Å². The van der Waals surface area contributed by atoms with Crippen molar-refractivity contribution >= 4 is 5.78 Å². The summed E-state index contributed by atoms with van der Waals surface area (Å²) in [4.78, 5) is 12.5. The summed E-state index contributed by atoms with van der Waals surface area (Å²) in [5, 5.41) is 10.9. The van der Waals surface area contributed by atoms with Crippen LogP contribution in [0.5, 0.6) is 0 Å². The van der Waals surface area contributed by atoms with Crippen LogP contribution in [0.3, 0.4) is 0 Å². The van der Waals surface area contributed by atoms with Crippen LogP contribution in [0.15, 0.2) is 12.2 Å². The lowest BCUT2D eigenvalue weighted by atomic mass is 9.88. The van der Waals surface area contributed by atoms with Gasteiger partial charge in [-0.05, 0) is 62.9 Å².